The van der Waals surface area contributed by atoms with Crippen LogP contribution < -0.4 is 18.9 Å². The third-order valence-corrected chi connectivity index (χ3v) is 14.1. The normalized spacial score (nSPS) is 39.7. The van der Waals surface area contributed by atoms with Gasteiger partial charge in [-0.2, -0.15) is 0 Å². The van der Waals surface area contributed by atoms with E-state index in [-0.39, 0.29) is 42.6 Å². The minimum absolute atomic E-state index is 0. The SMILES string of the molecule is CC1C(C)C(C)C(C)C1C.CC1C(C)C(C)C(C)C1C.CC1CCC2C=CC=CC12.CC1CCC2C=CC=CC12.[CH3-].[CH3-].[CH3-].[Cl][Zr+2][Cl].[Cl][Zr]([Cl])[Cl].[H-].[Li+]. The summed E-state index contributed by atoms with van der Waals surface area (Å²) >= 11 is -2.95. The summed E-state index contributed by atoms with van der Waals surface area (Å²) in [6.45, 7) is 28.7. The van der Waals surface area contributed by atoms with Crippen molar-refractivity contribution in [1.82, 2.24) is 0 Å². The fourth-order valence-electron chi connectivity index (χ4n) is 9.23. The monoisotopic (exact) mass is 956 g/mol. The molecule has 8 heteroatoms. The molecule has 6 aliphatic rings. The summed E-state index contributed by atoms with van der Waals surface area (Å²) in [5.74, 6) is 14.7. The van der Waals surface area contributed by atoms with Gasteiger partial charge in [-0.25, -0.2) is 0 Å². The molecule has 0 saturated heterocycles. The molecular formula is C43H78Cl5LiZr2-. The van der Waals surface area contributed by atoms with Gasteiger partial charge in [0, 0.05) is 0 Å². The molecule has 0 radical (unpaired) electrons. The van der Waals surface area contributed by atoms with E-state index in [1.165, 1.54) is 25.7 Å². The van der Waals surface area contributed by atoms with E-state index in [9.17, 15) is 0 Å². The van der Waals surface area contributed by atoms with E-state index >= 15 is 0 Å². The molecule has 0 spiro atoms. The Kier molecular flexibility index (Phi) is 37.6. The van der Waals surface area contributed by atoms with E-state index < -0.39 is 39.0 Å². The van der Waals surface area contributed by atoms with Crippen LogP contribution in [0.25, 0.3) is 0 Å². The quantitative estimate of drug-likeness (QED) is 0.168. The Bertz CT molecular complexity index is 817. The van der Waals surface area contributed by atoms with E-state index in [0.29, 0.717) is 0 Å². The Labute approximate surface area is 371 Å². The van der Waals surface area contributed by atoms with E-state index in [4.69, 9.17) is 42.6 Å². The van der Waals surface area contributed by atoms with Crippen molar-refractivity contribution in [2.45, 2.75) is 109 Å². The Morgan fingerprint density at radius 2 is 0.608 bits per heavy atom. The molecule has 295 valence electrons. The van der Waals surface area contributed by atoms with Crippen molar-refractivity contribution in [3.63, 3.8) is 0 Å². The number of hydrogen-bond acceptors (Lipinski definition) is 0. The van der Waals surface area contributed by atoms with Crippen LogP contribution in [0.1, 0.15) is 110 Å². The fourth-order valence-corrected chi connectivity index (χ4v) is 9.23. The molecule has 0 aromatic heterocycles. The van der Waals surface area contributed by atoms with E-state index in [1.54, 1.807) is 0 Å². The minimum Gasteiger partial charge on any atom is -1.00 e. The van der Waals surface area contributed by atoms with Crippen molar-refractivity contribution in [2.75, 3.05) is 0 Å². The van der Waals surface area contributed by atoms with Crippen LogP contribution in [0.15, 0.2) is 48.6 Å². The second kappa shape index (κ2) is 31.7. The molecule has 0 aliphatic heterocycles. The molecule has 4 saturated carbocycles. The number of halogens is 5. The molecule has 4 fully saturated rings. The van der Waals surface area contributed by atoms with Gasteiger partial charge in [-0.3, -0.25) is 0 Å². The van der Waals surface area contributed by atoms with Crippen molar-refractivity contribution < 1.29 is 59.3 Å². The molecule has 0 amide bonds. The predicted molar refractivity (Wildman–Crippen MR) is 229 cm³/mol. The van der Waals surface area contributed by atoms with Gasteiger partial charge in [-0.15, -0.1) is 0 Å². The third kappa shape index (κ3) is 19.9. The minimum atomic E-state index is -2.13. The van der Waals surface area contributed by atoms with Crippen molar-refractivity contribution in [3.8, 4) is 0 Å². The third-order valence-electron chi connectivity index (χ3n) is 14.1. The second-order valence-corrected chi connectivity index (χ2v) is 30.9. The predicted octanol–water partition coefficient (Wildman–Crippen LogP) is 13.8. The molecule has 6 rings (SSSR count). The molecule has 0 bridgehead atoms. The Morgan fingerprint density at radius 3 is 0.784 bits per heavy atom. The molecule has 0 N–H and O–H groups in total. The van der Waals surface area contributed by atoms with Gasteiger partial charge >= 0.3 is 100 Å². The number of hydrogen-bond donors (Lipinski definition) is 0. The summed E-state index contributed by atoms with van der Waals surface area (Å²) < 4.78 is 0. The fraction of sp³-hybridized carbons (Fsp3) is 0.744. The van der Waals surface area contributed by atoms with Gasteiger partial charge < -0.3 is 23.7 Å². The summed E-state index contributed by atoms with van der Waals surface area (Å²) in [4.78, 5) is 0. The molecule has 0 aromatic carbocycles. The van der Waals surface area contributed by atoms with E-state index in [0.717, 1.165) is 94.7 Å². The Hall–Kier alpha value is 2.77. The summed E-state index contributed by atoms with van der Waals surface area (Å²) in [7, 11) is 24.9. The first-order valence-electron chi connectivity index (χ1n) is 18.5. The largest absolute Gasteiger partial charge is 1.00 e. The smallest absolute Gasteiger partial charge is 1.00 e. The molecule has 6 atom stereocenters. The Morgan fingerprint density at radius 1 is 0.431 bits per heavy atom. The maximum Gasteiger partial charge on any atom is 1.00 e. The maximum atomic E-state index is 5.00. The summed E-state index contributed by atoms with van der Waals surface area (Å²) in [6.07, 6.45) is 23.9. The van der Waals surface area contributed by atoms with Crippen molar-refractivity contribution in [1.29, 1.82) is 0 Å². The average Bonchev–Trinajstić information content (AvgIpc) is 3.72. The van der Waals surface area contributed by atoms with Gasteiger partial charge in [0.05, 0.1) is 0 Å². The number of rotatable bonds is 0. The van der Waals surface area contributed by atoms with Crippen LogP contribution in [0.4, 0.5) is 0 Å². The zero-order valence-corrected chi connectivity index (χ0v) is 44.3. The molecule has 6 aliphatic carbocycles. The molecular weight excluding hydrogens is 883 g/mol. The van der Waals surface area contributed by atoms with Crippen LogP contribution in [0.2, 0.25) is 0 Å². The molecule has 6 unspecified atom stereocenters. The Balaban J connectivity index is -0.000000173. The van der Waals surface area contributed by atoms with Crippen LogP contribution in [-0.2, 0) is 39.0 Å². The van der Waals surface area contributed by atoms with Crippen LogP contribution in [0.5, 0.6) is 0 Å². The first-order chi connectivity index (χ1) is 22.0. The van der Waals surface area contributed by atoms with Gasteiger partial charge in [0.1, 0.15) is 0 Å². The second-order valence-electron chi connectivity index (χ2n) is 16.0. The molecule has 0 heterocycles. The van der Waals surface area contributed by atoms with Gasteiger partial charge in [0.15, 0.2) is 0 Å². The molecule has 0 nitrogen and oxygen atoms in total. The molecule has 51 heavy (non-hydrogen) atoms. The van der Waals surface area contributed by atoms with Gasteiger partial charge in [-0.1, -0.05) is 132 Å². The summed E-state index contributed by atoms with van der Waals surface area (Å²) in [5.41, 5.74) is 0. The number of fused-ring (bicyclic) bond motifs is 2. The van der Waals surface area contributed by atoms with E-state index in [1.807, 2.05) is 0 Å². The summed E-state index contributed by atoms with van der Waals surface area (Å²) in [6, 6.07) is 0. The van der Waals surface area contributed by atoms with Crippen LogP contribution in [-0.4, -0.2) is 0 Å². The van der Waals surface area contributed by atoms with Gasteiger partial charge in [0.25, 0.3) is 0 Å². The van der Waals surface area contributed by atoms with Crippen LogP contribution >= 0.6 is 42.6 Å². The maximum absolute atomic E-state index is 5.00. The molecule has 0 aromatic rings. The van der Waals surface area contributed by atoms with Crippen molar-refractivity contribution in [3.05, 3.63) is 70.9 Å². The standard InChI is InChI=1S/2C10H14.2C10H20.3CH3.5ClH.Li.2Zr.H/c2*1-8-6-7-9-4-2-3-5-10(8)9;2*1-6-7(2)9(4)10(5)8(6)3;;;;;;;;;;;;/h2*2-5,8-10H,6-7H2,1H3;2*6-10H,1-5H3;3*1H3;5*1H;;;;/q;;;;3*-1;;;;;;+1;+3;+4;-1/p-5. The van der Waals surface area contributed by atoms with Crippen molar-refractivity contribution in [2.24, 2.45) is 94.7 Å². The zero-order chi connectivity index (χ0) is 36.0. The first-order valence-corrected chi connectivity index (χ1v) is 34.3. The average molecular weight is 962 g/mol. The van der Waals surface area contributed by atoms with E-state index in [2.05, 4.69) is 132 Å². The first kappa shape index (κ1) is 60.5. The summed E-state index contributed by atoms with van der Waals surface area (Å²) in [5, 5.41) is 0. The van der Waals surface area contributed by atoms with Gasteiger partial charge in [0.2, 0.25) is 0 Å². The van der Waals surface area contributed by atoms with Crippen LogP contribution in [0, 0.1) is 117 Å². The number of allylic oxidation sites excluding steroid dienone is 8. The van der Waals surface area contributed by atoms with Crippen LogP contribution in [0.3, 0.4) is 0 Å². The zero-order valence-electron chi connectivity index (χ0n) is 36.6. The van der Waals surface area contributed by atoms with Gasteiger partial charge in [-0.05, 0) is 120 Å². The van der Waals surface area contributed by atoms with Crippen molar-refractivity contribution >= 4 is 42.6 Å². The topological polar surface area (TPSA) is 0 Å².